The number of piperidine rings is 1. The van der Waals surface area contributed by atoms with Gasteiger partial charge in [-0.2, -0.15) is 0 Å². The van der Waals surface area contributed by atoms with Crippen LogP contribution in [-0.2, 0) is 4.79 Å². The van der Waals surface area contributed by atoms with Crippen LogP contribution in [0.2, 0.25) is 0 Å². The van der Waals surface area contributed by atoms with Crippen molar-refractivity contribution in [1.82, 2.24) is 4.90 Å². The van der Waals surface area contributed by atoms with E-state index in [0.717, 1.165) is 36.3 Å². The second-order valence-corrected chi connectivity index (χ2v) is 7.79. The fraction of sp³-hybridized carbons (Fsp3) is 0.632. The Morgan fingerprint density at radius 1 is 1.29 bits per heavy atom. The van der Waals surface area contributed by atoms with Gasteiger partial charge in [-0.3, -0.25) is 9.69 Å². The van der Waals surface area contributed by atoms with Gasteiger partial charge in [0.1, 0.15) is 0 Å². The van der Waals surface area contributed by atoms with Gasteiger partial charge in [-0.25, -0.2) is 0 Å². The largest absolute Gasteiger partial charge is 0.327 e. The predicted octanol–water partition coefficient (Wildman–Crippen LogP) is 3.42. The van der Waals surface area contributed by atoms with E-state index in [1.807, 2.05) is 20.8 Å². The second-order valence-electron chi connectivity index (χ2n) is 7.79. The minimum atomic E-state index is -0.151. The van der Waals surface area contributed by atoms with Crippen molar-refractivity contribution in [3.63, 3.8) is 0 Å². The molecule has 3 N–H and O–H groups in total. The number of amides is 1. The quantitative estimate of drug-likeness (QED) is 0.875. The number of benzene rings is 1. The molecule has 0 aliphatic carbocycles. The van der Waals surface area contributed by atoms with Gasteiger partial charge in [0.15, 0.2) is 0 Å². The lowest BCUT2D eigenvalue weighted by Gasteiger charge is -2.44. The highest BCUT2D eigenvalue weighted by Crippen LogP contribution is 2.29. The second kappa shape index (κ2) is 7.85. The molecule has 2 atom stereocenters. The van der Waals surface area contributed by atoms with Gasteiger partial charge in [0.05, 0.1) is 6.04 Å². The average Bonchev–Trinajstić information content (AvgIpc) is 2.44. The summed E-state index contributed by atoms with van der Waals surface area (Å²) in [5.41, 5.74) is 10.6. The average molecular weight is 354 g/mol. The van der Waals surface area contributed by atoms with E-state index in [-0.39, 0.29) is 35.8 Å². The first-order valence-corrected chi connectivity index (χ1v) is 8.50. The van der Waals surface area contributed by atoms with Crippen LogP contribution in [0.5, 0.6) is 0 Å². The van der Waals surface area contributed by atoms with E-state index >= 15 is 0 Å². The number of rotatable bonds is 3. The zero-order valence-corrected chi connectivity index (χ0v) is 16.6. The predicted molar refractivity (Wildman–Crippen MR) is 104 cm³/mol. The van der Waals surface area contributed by atoms with Gasteiger partial charge >= 0.3 is 0 Å². The van der Waals surface area contributed by atoms with Crippen LogP contribution in [0.1, 0.15) is 43.9 Å². The van der Waals surface area contributed by atoms with Crippen molar-refractivity contribution in [3.05, 3.63) is 28.8 Å². The Balaban J connectivity index is 0.00000288. The Labute approximate surface area is 152 Å². The number of aryl methyl sites for hydroxylation is 3. The number of carbonyl (C=O) groups is 1. The van der Waals surface area contributed by atoms with Crippen LogP contribution < -0.4 is 11.1 Å². The van der Waals surface area contributed by atoms with Crippen molar-refractivity contribution < 1.29 is 4.79 Å². The third-order valence-corrected chi connectivity index (χ3v) is 5.19. The van der Waals surface area contributed by atoms with Crippen LogP contribution >= 0.6 is 12.4 Å². The number of nitrogens with two attached hydrogens (primary N) is 1. The van der Waals surface area contributed by atoms with E-state index in [9.17, 15) is 4.79 Å². The Hall–Kier alpha value is -1.10. The topological polar surface area (TPSA) is 58.4 Å². The van der Waals surface area contributed by atoms with Gasteiger partial charge in [-0.1, -0.05) is 31.5 Å². The van der Waals surface area contributed by atoms with Crippen molar-refractivity contribution in [2.75, 3.05) is 18.4 Å². The normalized spacial score (nSPS) is 21.7. The molecule has 136 valence electrons. The summed E-state index contributed by atoms with van der Waals surface area (Å²) in [5, 5.41) is 3.13. The van der Waals surface area contributed by atoms with Crippen molar-refractivity contribution in [2.24, 2.45) is 11.1 Å². The number of hydrogen-bond donors (Lipinski definition) is 2. The van der Waals surface area contributed by atoms with E-state index in [1.54, 1.807) is 0 Å². The van der Waals surface area contributed by atoms with E-state index in [2.05, 4.69) is 43.1 Å². The molecule has 0 bridgehead atoms. The van der Waals surface area contributed by atoms with Crippen LogP contribution in [0, 0.1) is 26.2 Å². The fourth-order valence-electron chi connectivity index (χ4n) is 3.52. The van der Waals surface area contributed by atoms with Crippen molar-refractivity contribution in [1.29, 1.82) is 0 Å². The molecule has 0 saturated carbocycles. The molecule has 1 aliphatic rings. The zero-order chi connectivity index (χ0) is 17.4. The molecule has 2 unspecified atom stereocenters. The molecule has 24 heavy (non-hydrogen) atoms. The van der Waals surface area contributed by atoms with Gasteiger partial charge in [-0.15, -0.1) is 12.4 Å². The zero-order valence-electron chi connectivity index (χ0n) is 15.8. The minimum absolute atomic E-state index is 0. The summed E-state index contributed by atoms with van der Waals surface area (Å²) in [7, 11) is 0. The summed E-state index contributed by atoms with van der Waals surface area (Å²) in [4.78, 5) is 15.0. The molecular formula is C19H32ClN3O. The molecular weight excluding hydrogens is 322 g/mol. The number of carbonyl (C=O) groups excluding carboxylic acids is 1. The van der Waals surface area contributed by atoms with Gasteiger partial charge in [0.25, 0.3) is 0 Å². The van der Waals surface area contributed by atoms with Crippen LogP contribution in [-0.4, -0.2) is 36.0 Å². The molecule has 5 heteroatoms. The first-order valence-electron chi connectivity index (χ1n) is 8.50. The molecule has 1 aliphatic heterocycles. The maximum absolute atomic E-state index is 12.7. The van der Waals surface area contributed by atoms with Crippen LogP contribution in [0.25, 0.3) is 0 Å². The van der Waals surface area contributed by atoms with Gasteiger partial charge in [0, 0.05) is 24.8 Å². The van der Waals surface area contributed by atoms with Gasteiger partial charge < -0.3 is 11.1 Å². The van der Waals surface area contributed by atoms with E-state index in [4.69, 9.17) is 5.73 Å². The van der Waals surface area contributed by atoms with Crippen molar-refractivity contribution in [3.8, 4) is 0 Å². The van der Waals surface area contributed by atoms with Gasteiger partial charge in [0.2, 0.25) is 5.91 Å². The first-order chi connectivity index (χ1) is 10.6. The highest BCUT2D eigenvalue weighted by Gasteiger charge is 2.36. The monoisotopic (exact) mass is 353 g/mol. The SMILES string of the molecule is Cc1cc(C)c(NC(=O)C(C)N2CCC(N)C(C)(C)C2)c(C)c1.Cl. The number of halogens is 1. The summed E-state index contributed by atoms with van der Waals surface area (Å²) in [6.45, 7) is 14.3. The molecule has 1 amide bonds. The third kappa shape index (κ3) is 4.50. The highest BCUT2D eigenvalue weighted by molar-refractivity contribution is 5.96. The Kier molecular flexibility index (Phi) is 6.85. The van der Waals surface area contributed by atoms with Crippen molar-refractivity contribution >= 4 is 24.0 Å². The maximum atomic E-state index is 12.7. The number of nitrogens with zero attached hydrogens (tertiary/aromatic N) is 1. The van der Waals surface area contributed by atoms with E-state index in [1.165, 1.54) is 5.56 Å². The van der Waals surface area contributed by atoms with Crippen LogP contribution in [0.4, 0.5) is 5.69 Å². The summed E-state index contributed by atoms with van der Waals surface area (Å²) >= 11 is 0. The van der Waals surface area contributed by atoms with E-state index < -0.39 is 0 Å². The lowest BCUT2D eigenvalue weighted by molar-refractivity contribution is -0.122. The summed E-state index contributed by atoms with van der Waals surface area (Å²) in [6.07, 6.45) is 0.938. The summed E-state index contributed by atoms with van der Waals surface area (Å²) in [5.74, 6) is 0.0614. The Morgan fingerprint density at radius 3 is 2.33 bits per heavy atom. The molecule has 0 spiro atoms. The fourth-order valence-corrected chi connectivity index (χ4v) is 3.52. The minimum Gasteiger partial charge on any atom is -0.327 e. The molecule has 1 aromatic rings. The van der Waals surface area contributed by atoms with E-state index in [0.29, 0.717) is 0 Å². The number of anilines is 1. The molecule has 0 radical (unpaired) electrons. The standard InChI is InChI=1S/C19H31N3O.ClH/c1-12-9-13(2)17(14(3)10-12)21-18(23)15(4)22-8-7-16(20)19(5,6)11-22;/h9-10,15-16H,7-8,11,20H2,1-6H3,(H,21,23);1H. The summed E-state index contributed by atoms with van der Waals surface area (Å²) < 4.78 is 0. The Morgan fingerprint density at radius 2 is 1.83 bits per heavy atom. The molecule has 4 nitrogen and oxygen atoms in total. The lowest BCUT2D eigenvalue weighted by atomic mass is 9.79. The maximum Gasteiger partial charge on any atom is 0.241 e. The molecule has 2 rings (SSSR count). The lowest BCUT2D eigenvalue weighted by Crippen LogP contribution is -2.56. The van der Waals surface area contributed by atoms with Crippen LogP contribution in [0.3, 0.4) is 0 Å². The summed E-state index contributed by atoms with van der Waals surface area (Å²) in [6, 6.07) is 4.27. The van der Waals surface area contributed by atoms with Crippen molar-refractivity contribution in [2.45, 2.75) is 60.0 Å². The first kappa shape index (κ1) is 20.9. The van der Waals surface area contributed by atoms with Gasteiger partial charge in [-0.05, 0) is 50.7 Å². The Bertz CT molecular complexity index is 577. The number of hydrogen-bond acceptors (Lipinski definition) is 3. The van der Waals surface area contributed by atoms with Crippen LogP contribution in [0.15, 0.2) is 12.1 Å². The highest BCUT2D eigenvalue weighted by atomic mass is 35.5. The third-order valence-electron chi connectivity index (χ3n) is 5.19. The molecule has 1 saturated heterocycles. The molecule has 1 aromatic carbocycles. The smallest absolute Gasteiger partial charge is 0.241 e. The number of nitrogens with one attached hydrogen (secondary N) is 1. The molecule has 0 aromatic heterocycles. The number of likely N-dealkylation sites (tertiary alicyclic amines) is 1. The molecule has 1 fully saturated rings. The molecule has 1 heterocycles.